The molecule has 0 aromatic rings. The third-order valence-electron chi connectivity index (χ3n) is 3.32. The van der Waals surface area contributed by atoms with Crippen molar-refractivity contribution in [1.29, 1.82) is 0 Å². The molecule has 1 unspecified atom stereocenters. The van der Waals surface area contributed by atoms with E-state index in [1.54, 1.807) is 0 Å². The summed E-state index contributed by atoms with van der Waals surface area (Å²) in [6, 6.07) is 0. The minimum Gasteiger partial charge on any atom is -0.464 e. The second kappa shape index (κ2) is 5.17. The Hall–Kier alpha value is -0.570. The van der Waals surface area contributed by atoms with Crippen LogP contribution in [0.25, 0.3) is 0 Å². The van der Waals surface area contributed by atoms with Gasteiger partial charge in [-0.05, 0) is 37.6 Å². The first-order valence-electron chi connectivity index (χ1n) is 6.32. The van der Waals surface area contributed by atoms with Crippen LogP contribution in [0, 0.1) is 5.41 Å². The van der Waals surface area contributed by atoms with E-state index in [-0.39, 0.29) is 11.4 Å². The molecule has 0 radical (unpaired) electrons. The van der Waals surface area contributed by atoms with Gasteiger partial charge in [0.05, 0.1) is 6.61 Å². The number of ether oxygens (including phenoxy) is 1. The summed E-state index contributed by atoms with van der Waals surface area (Å²) in [7, 11) is 0. The van der Waals surface area contributed by atoms with Crippen LogP contribution in [0.2, 0.25) is 0 Å². The van der Waals surface area contributed by atoms with E-state index >= 15 is 0 Å². The van der Waals surface area contributed by atoms with Crippen LogP contribution in [0.3, 0.4) is 0 Å². The summed E-state index contributed by atoms with van der Waals surface area (Å²) in [6.45, 7) is 9.98. The lowest BCUT2D eigenvalue weighted by atomic mass is 9.92. The van der Waals surface area contributed by atoms with Crippen molar-refractivity contribution in [1.82, 2.24) is 5.32 Å². The summed E-state index contributed by atoms with van der Waals surface area (Å²) >= 11 is 0. The minimum atomic E-state index is -0.391. The van der Waals surface area contributed by atoms with Gasteiger partial charge in [0.2, 0.25) is 0 Å². The Morgan fingerprint density at radius 3 is 2.56 bits per heavy atom. The van der Waals surface area contributed by atoms with E-state index in [2.05, 4.69) is 26.1 Å². The highest BCUT2D eigenvalue weighted by atomic mass is 16.5. The van der Waals surface area contributed by atoms with Gasteiger partial charge in [0.25, 0.3) is 0 Å². The fourth-order valence-corrected chi connectivity index (χ4v) is 2.01. The summed E-state index contributed by atoms with van der Waals surface area (Å²) in [5.41, 5.74) is -0.166. The molecule has 1 heterocycles. The molecule has 1 aliphatic rings. The molecule has 1 N–H and O–H groups in total. The van der Waals surface area contributed by atoms with E-state index in [9.17, 15) is 4.79 Å². The molecule has 0 bridgehead atoms. The smallest absolute Gasteiger partial charge is 0.326 e. The van der Waals surface area contributed by atoms with Crippen molar-refractivity contribution in [2.75, 3.05) is 13.2 Å². The van der Waals surface area contributed by atoms with Crippen molar-refractivity contribution in [2.45, 2.75) is 58.9 Å². The largest absolute Gasteiger partial charge is 0.464 e. The van der Waals surface area contributed by atoms with Crippen molar-refractivity contribution in [3.05, 3.63) is 0 Å². The molecular formula is C13H25NO2. The molecule has 3 nitrogen and oxygen atoms in total. The lowest BCUT2D eigenvalue weighted by molar-refractivity contribution is -0.151. The molecule has 1 fully saturated rings. The number of rotatable bonds is 4. The highest BCUT2D eigenvalue weighted by molar-refractivity contribution is 5.81. The second-order valence-electron chi connectivity index (χ2n) is 5.91. The molecule has 0 saturated carbocycles. The van der Waals surface area contributed by atoms with Crippen LogP contribution in [0.4, 0.5) is 0 Å². The van der Waals surface area contributed by atoms with E-state index in [1.165, 1.54) is 0 Å². The van der Waals surface area contributed by atoms with Crippen LogP contribution in [-0.2, 0) is 9.53 Å². The van der Waals surface area contributed by atoms with Gasteiger partial charge in [-0.1, -0.05) is 27.7 Å². The Balaban J connectivity index is 2.39. The summed E-state index contributed by atoms with van der Waals surface area (Å²) in [5, 5.41) is 3.29. The predicted molar refractivity (Wildman–Crippen MR) is 65.3 cm³/mol. The number of nitrogens with one attached hydrogen (secondary N) is 1. The van der Waals surface area contributed by atoms with Crippen molar-refractivity contribution >= 4 is 5.97 Å². The molecule has 1 atom stereocenters. The summed E-state index contributed by atoms with van der Waals surface area (Å²) in [6.07, 6.45) is 3.72. The molecule has 3 heteroatoms. The van der Waals surface area contributed by atoms with Crippen LogP contribution in [0.15, 0.2) is 0 Å². The molecule has 0 spiro atoms. The highest BCUT2D eigenvalue weighted by Crippen LogP contribution is 2.25. The quantitative estimate of drug-likeness (QED) is 0.750. The van der Waals surface area contributed by atoms with E-state index < -0.39 is 5.54 Å². The Kier molecular flexibility index (Phi) is 4.36. The van der Waals surface area contributed by atoms with Crippen LogP contribution < -0.4 is 5.32 Å². The molecule has 94 valence electrons. The first-order valence-corrected chi connectivity index (χ1v) is 6.32. The van der Waals surface area contributed by atoms with Crippen molar-refractivity contribution < 1.29 is 9.53 Å². The molecule has 16 heavy (non-hydrogen) atoms. The number of carbonyl (C=O) groups is 1. The standard InChI is InChI=1S/C13H25NO2/c1-5-13(7-6-9-14-13)11(15)16-10-8-12(2,3)4/h14H,5-10H2,1-4H3. The zero-order valence-electron chi connectivity index (χ0n) is 11.1. The third kappa shape index (κ3) is 3.48. The van der Waals surface area contributed by atoms with Gasteiger partial charge >= 0.3 is 5.97 Å². The summed E-state index contributed by atoms with van der Waals surface area (Å²) < 4.78 is 5.39. The molecule has 0 aromatic heterocycles. The van der Waals surface area contributed by atoms with Crippen LogP contribution >= 0.6 is 0 Å². The van der Waals surface area contributed by atoms with Gasteiger partial charge in [0.1, 0.15) is 5.54 Å². The van der Waals surface area contributed by atoms with Crippen molar-refractivity contribution in [2.24, 2.45) is 5.41 Å². The molecule has 1 aliphatic heterocycles. The van der Waals surface area contributed by atoms with Gasteiger partial charge in [0.15, 0.2) is 0 Å². The van der Waals surface area contributed by atoms with E-state index in [4.69, 9.17) is 4.74 Å². The fraction of sp³-hybridized carbons (Fsp3) is 0.923. The van der Waals surface area contributed by atoms with Crippen molar-refractivity contribution in [3.8, 4) is 0 Å². The topological polar surface area (TPSA) is 38.3 Å². The molecule has 0 aliphatic carbocycles. The fourth-order valence-electron chi connectivity index (χ4n) is 2.01. The van der Waals surface area contributed by atoms with E-state index in [1.807, 2.05) is 6.92 Å². The van der Waals surface area contributed by atoms with Crippen LogP contribution in [-0.4, -0.2) is 24.7 Å². The zero-order valence-corrected chi connectivity index (χ0v) is 11.1. The Bertz CT molecular complexity index is 237. The number of hydrogen-bond acceptors (Lipinski definition) is 3. The monoisotopic (exact) mass is 227 g/mol. The van der Waals surface area contributed by atoms with E-state index in [0.29, 0.717) is 6.61 Å². The first-order chi connectivity index (χ1) is 7.40. The Labute approximate surface area is 98.9 Å². The number of esters is 1. The van der Waals surface area contributed by atoms with E-state index in [0.717, 1.165) is 32.2 Å². The number of hydrogen-bond donors (Lipinski definition) is 1. The van der Waals surface area contributed by atoms with Gasteiger partial charge in [-0.15, -0.1) is 0 Å². The molecule has 1 saturated heterocycles. The second-order valence-corrected chi connectivity index (χ2v) is 5.91. The maximum absolute atomic E-state index is 12.0. The number of carbonyl (C=O) groups excluding carboxylic acids is 1. The van der Waals surface area contributed by atoms with Gasteiger partial charge in [-0.2, -0.15) is 0 Å². The lowest BCUT2D eigenvalue weighted by Crippen LogP contribution is -2.48. The van der Waals surface area contributed by atoms with Gasteiger partial charge < -0.3 is 10.1 Å². The predicted octanol–water partition coefficient (Wildman–Crippen LogP) is 2.50. The average Bonchev–Trinajstić information content (AvgIpc) is 2.65. The molecule has 0 aromatic carbocycles. The molecule has 0 amide bonds. The Morgan fingerprint density at radius 2 is 2.12 bits per heavy atom. The summed E-state index contributed by atoms with van der Waals surface area (Å²) in [5.74, 6) is -0.0586. The van der Waals surface area contributed by atoms with Crippen LogP contribution in [0.5, 0.6) is 0 Å². The first kappa shape index (κ1) is 13.5. The average molecular weight is 227 g/mol. The van der Waals surface area contributed by atoms with Gasteiger partial charge in [0, 0.05) is 0 Å². The zero-order chi connectivity index (χ0) is 12.2. The minimum absolute atomic E-state index is 0.0586. The Morgan fingerprint density at radius 1 is 1.44 bits per heavy atom. The molecular weight excluding hydrogens is 202 g/mol. The maximum Gasteiger partial charge on any atom is 0.326 e. The van der Waals surface area contributed by atoms with Gasteiger partial charge in [-0.3, -0.25) is 4.79 Å². The lowest BCUT2D eigenvalue weighted by Gasteiger charge is -2.26. The van der Waals surface area contributed by atoms with Crippen LogP contribution in [0.1, 0.15) is 53.4 Å². The summed E-state index contributed by atoms with van der Waals surface area (Å²) in [4.78, 5) is 12.0. The normalized spacial score (nSPS) is 25.8. The SMILES string of the molecule is CCC1(C(=O)OCCC(C)(C)C)CCCN1. The third-order valence-corrected chi connectivity index (χ3v) is 3.32. The maximum atomic E-state index is 12.0. The van der Waals surface area contributed by atoms with Gasteiger partial charge in [-0.25, -0.2) is 0 Å². The molecule has 1 rings (SSSR count). The van der Waals surface area contributed by atoms with Crippen molar-refractivity contribution in [3.63, 3.8) is 0 Å². The highest BCUT2D eigenvalue weighted by Gasteiger charge is 2.40.